The molecule has 0 bridgehead atoms. The van der Waals surface area contributed by atoms with Gasteiger partial charge in [-0.1, -0.05) is 27.7 Å². The van der Waals surface area contributed by atoms with E-state index in [-0.39, 0.29) is 0 Å². The molecule has 0 saturated carbocycles. The average Bonchev–Trinajstić information content (AvgIpc) is 2.82. The summed E-state index contributed by atoms with van der Waals surface area (Å²) in [7, 11) is 0. The van der Waals surface area contributed by atoms with Gasteiger partial charge in [0.1, 0.15) is 11.2 Å². The first-order valence-electron chi connectivity index (χ1n) is 13.7. The molecule has 2 aliphatic rings. The average molecular weight is 485 g/mol. The summed E-state index contributed by atoms with van der Waals surface area (Å²) in [5.41, 5.74) is 14.4. The molecule has 192 valence electrons. The Balaban J connectivity index is 2.23. The zero-order valence-electron chi connectivity index (χ0n) is 24.6. The molecule has 3 heteroatoms. The number of rotatable bonds is 5. The van der Waals surface area contributed by atoms with Crippen molar-refractivity contribution in [2.24, 2.45) is 10.9 Å². The van der Waals surface area contributed by atoms with Crippen LogP contribution in [-0.4, -0.2) is 11.5 Å². The van der Waals surface area contributed by atoms with Crippen LogP contribution in [0.2, 0.25) is 0 Å². The minimum absolute atomic E-state index is 0.429. The predicted molar refractivity (Wildman–Crippen MR) is 155 cm³/mol. The van der Waals surface area contributed by atoms with E-state index in [0.29, 0.717) is 11.8 Å². The van der Waals surface area contributed by atoms with E-state index in [0.717, 1.165) is 46.4 Å². The van der Waals surface area contributed by atoms with E-state index in [2.05, 4.69) is 83.1 Å². The third-order valence-corrected chi connectivity index (χ3v) is 8.57. The molecular formula is C33H44N2O. The Bertz CT molecular complexity index is 1530. The van der Waals surface area contributed by atoms with Crippen molar-refractivity contribution < 1.29 is 4.42 Å². The van der Waals surface area contributed by atoms with Crippen LogP contribution >= 0.6 is 0 Å². The SMILES string of the molecule is Cc1c(C(C)C)c(C)c2oc3c(C)c(=NCCCC(C)C)c4c(C)c(C)c(C)c(C)c4c-3nc2c1C. The van der Waals surface area contributed by atoms with Crippen molar-refractivity contribution in [2.45, 2.75) is 102 Å². The third-order valence-electron chi connectivity index (χ3n) is 8.57. The summed E-state index contributed by atoms with van der Waals surface area (Å²) in [6.45, 7) is 27.7. The van der Waals surface area contributed by atoms with Crippen LogP contribution in [-0.2, 0) is 0 Å². The van der Waals surface area contributed by atoms with Crippen LogP contribution in [0.25, 0.3) is 33.3 Å². The van der Waals surface area contributed by atoms with Crippen molar-refractivity contribution in [1.82, 2.24) is 4.98 Å². The number of aromatic nitrogens is 1. The first kappa shape index (κ1) is 26.4. The van der Waals surface area contributed by atoms with Gasteiger partial charge < -0.3 is 4.42 Å². The molecule has 0 N–H and O–H groups in total. The maximum atomic E-state index is 6.87. The van der Waals surface area contributed by atoms with Crippen molar-refractivity contribution in [3.8, 4) is 11.5 Å². The fourth-order valence-corrected chi connectivity index (χ4v) is 6.08. The van der Waals surface area contributed by atoms with Gasteiger partial charge in [-0.05, 0) is 125 Å². The van der Waals surface area contributed by atoms with Crippen LogP contribution in [0, 0.1) is 61.3 Å². The normalized spacial score (nSPS) is 12.9. The topological polar surface area (TPSA) is 38.4 Å². The van der Waals surface area contributed by atoms with E-state index < -0.39 is 0 Å². The van der Waals surface area contributed by atoms with Crippen molar-refractivity contribution in [3.63, 3.8) is 0 Å². The second-order valence-corrected chi connectivity index (χ2v) is 11.7. The number of hydrogen-bond acceptors (Lipinski definition) is 3. The Morgan fingerprint density at radius 1 is 0.694 bits per heavy atom. The highest BCUT2D eigenvalue weighted by molar-refractivity contribution is 6.03. The largest absolute Gasteiger partial charge is 0.452 e. The van der Waals surface area contributed by atoms with Crippen LogP contribution in [0.3, 0.4) is 0 Å². The number of hydrogen-bond donors (Lipinski definition) is 0. The van der Waals surface area contributed by atoms with E-state index >= 15 is 0 Å². The molecular weight excluding hydrogens is 440 g/mol. The van der Waals surface area contributed by atoms with Crippen LogP contribution in [0.5, 0.6) is 0 Å². The first-order valence-corrected chi connectivity index (χ1v) is 13.7. The molecule has 0 fully saturated rings. The second-order valence-electron chi connectivity index (χ2n) is 11.7. The summed E-state index contributed by atoms with van der Waals surface area (Å²) < 4.78 is 6.87. The Kier molecular flexibility index (Phi) is 7.07. The lowest BCUT2D eigenvalue weighted by Gasteiger charge is -2.23. The molecule has 0 aromatic heterocycles. The lowest BCUT2D eigenvalue weighted by Crippen LogP contribution is -2.16. The quantitative estimate of drug-likeness (QED) is 0.161. The zero-order valence-corrected chi connectivity index (χ0v) is 24.6. The summed E-state index contributed by atoms with van der Waals surface area (Å²) >= 11 is 0. The molecule has 4 rings (SSSR count). The minimum Gasteiger partial charge on any atom is -0.452 e. The predicted octanol–water partition coefficient (Wildman–Crippen LogP) is 9.01. The molecule has 0 spiro atoms. The fraction of sp³-hybridized carbons (Fsp3) is 0.515. The second kappa shape index (κ2) is 9.65. The molecule has 36 heavy (non-hydrogen) atoms. The van der Waals surface area contributed by atoms with Gasteiger partial charge in [0.25, 0.3) is 0 Å². The Hall–Kier alpha value is -2.68. The van der Waals surface area contributed by atoms with Gasteiger partial charge in [0.15, 0.2) is 11.3 Å². The van der Waals surface area contributed by atoms with Crippen molar-refractivity contribution in [2.75, 3.05) is 6.54 Å². The molecule has 0 radical (unpaired) electrons. The molecule has 1 aliphatic heterocycles. The lowest BCUT2D eigenvalue weighted by atomic mass is 9.87. The highest BCUT2D eigenvalue weighted by Crippen LogP contribution is 2.41. The molecule has 0 unspecified atom stereocenters. The van der Waals surface area contributed by atoms with Crippen LogP contribution in [0.15, 0.2) is 9.41 Å². The molecule has 1 aliphatic carbocycles. The molecule has 1 heterocycles. The summed E-state index contributed by atoms with van der Waals surface area (Å²) in [4.78, 5) is 10.6. The van der Waals surface area contributed by atoms with Gasteiger partial charge in [-0.3, -0.25) is 4.99 Å². The Morgan fingerprint density at radius 3 is 1.89 bits per heavy atom. The number of benzene rings is 3. The smallest absolute Gasteiger partial charge is 0.158 e. The van der Waals surface area contributed by atoms with Crippen molar-refractivity contribution in [3.05, 3.63) is 55.4 Å². The summed E-state index contributed by atoms with van der Waals surface area (Å²) in [6, 6.07) is 0. The Morgan fingerprint density at radius 2 is 1.31 bits per heavy atom. The number of nitrogens with zero attached hydrogens (tertiary/aromatic N) is 2. The molecule has 0 atom stereocenters. The molecule has 3 nitrogen and oxygen atoms in total. The van der Waals surface area contributed by atoms with E-state index in [1.165, 1.54) is 61.7 Å². The van der Waals surface area contributed by atoms with Crippen molar-refractivity contribution in [1.29, 1.82) is 0 Å². The van der Waals surface area contributed by atoms with Gasteiger partial charge in [-0.25, -0.2) is 4.98 Å². The maximum absolute atomic E-state index is 6.87. The van der Waals surface area contributed by atoms with Crippen LogP contribution in [0.4, 0.5) is 0 Å². The minimum atomic E-state index is 0.429. The van der Waals surface area contributed by atoms with Gasteiger partial charge in [0.2, 0.25) is 0 Å². The van der Waals surface area contributed by atoms with E-state index in [9.17, 15) is 0 Å². The van der Waals surface area contributed by atoms with Gasteiger partial charge in [-0.15, -0.1) is 0 Å². The number of fused-ring (bicyclic) bond motifs is 4. The van der Waals surface area contributed by atoms with E-state index in [4.69, 9.17) is 14.4 Å². The highest BCUT2D eigenvalue weighted by Gasteiger charge is 2.26. The summed E-state index contributed by atoms with van der Waals surface area (Å²) in [6.07, 6.45) is 2.29. The maximum Gasteiger partial charge on any atom is 0.158 e. The van der Waals surface area contributed by atoms with Gasteiger partial charge >= 0.3 is 0 Å². The van der Waals surface area contributed by atoms with Crippen LogP contribution in [0.1, 0.15) is 96.5 Å². The van der Waals surface area contributed by atoms with Gasteiger partial charge in [0.05, 0.1) is 5.36 Å². The molecule has 2 aromatic carbocycles. The molecule has 0 saturated heterocycles. The Labute approximate surface area is 217 Å². The summed E-state index contributed by atoms with van der Waals surface area (Å²) in [5.74, 6) is 2.00. The molecule has 2 aromatic rings. The van der Waals surface area contributed by atoms with E-state index in [1.54, 1.807) is 0 Å². The van der Waals surface area contributed by atoms with Gasteiger partial charge in [-0.2, -0.15) is 0 Å². The fourth-order valence-electron chi connectivity index (χ4n) is 6.08. The standard InChI is InChI=1S/C33H44N2O/c1-16(2)14-13-15-34-29-25(12)33-31(28-21(8)19(6)18(5)20(7)27(28)29)35-30-23(10)22(9)26(17(3)4)24(11)32(30)36-33/h16-17H,13-15H2,1-12H3. The third kappa shape index (κ3) is 4.05. The zero-order chi connectivity index (χ0) is 26.6. The van der Waals surface area contributed by atoms with E-state index in [1.807, 2.05) is 0 Å². The molecule has 0 amide bonds. The monoisotopic (exact) mass is 484 g/mol. The van der Waals surface area contributed by atoms with Gasteiger partial charge in [0, 0.05) is 22.9 Å². The first-order chi connectivity index (χ1) is 16.9. The lowest BCUT2D eigenvalue weighted by molar-refractivity contribution is 0.559. The van der Waals surface area contributed by atoms with Crippen LogP contribution < -0.4 is 5.36 Å². The summed E-state index contributed by atoms with van der Waals surface area (Å²) in [5, 5.41) is 3.53. The number of aryl methyl sites for hydroxylation is 4. The highest BCUT2D eigenvalue weighted by atomic mass is 16.3. The van der Waals surface area contributed by atoms with Crippen molar-refractivity contribution >= 4 is 21.9 Å².